The molecule has 0 spiro atoms. The van der Waals surface area contributed by atoms with Gasteiger partial charge in [-0.15, -0.1) is 0 Å². The summed E-state index contributed by atoms with van der Waals surface area (Å²) in [5.41, 5.74) is 7.41. The molecule has 1 aromatic heterocycles. The highest BCUT2D eigenvalue weighted by molar-refractivity contribution is 5.83. The lowest BCUT2D eigenvalue weighted by Crippen LogP contribution is -2.24. The zero-order chi connectivity index (χ0) is 14.8. The summed E-state index contributed by atoms with van der Waals surface area (Å²) >= 11 is 0. The maximum Gasteiger partial charge on any atom is 0.312 e. The van der Waals surface area contributed by atoms with E-state index in [0.717, 1.165) is 16.5 Å². The highest BCUT2D eigenvalue weighted by Gasteiger charge is 2.23. The molecule has 0 fully saturated rings. The van der Waals surface area contributed by atoms with Crippen LogP contribution in [0, 0.1) is 5.41 Å². The lowest BCUT2D eigenvalue weighted by molar-refractivity contribution is -0.144. The van der Waals surface area contributed by atoms with Gasteiger partial charge in [0.2, 0.25) is 0 Å². The van der Waals surface area contributed by atoms with Crippen LogP contribution < -0.4 is 5.73 Å². The number of aliphatic carboxylic acids is 1. The van der Waals surface area contributed by atoms with Crippen molar-refractivity contribution in [1.82, 2.24) is 4.98 Å². The number of H-pyrrole nitrogens is 1. The fraction of sp³-hybridized carbons (Fsp3) is 0.312. The largest absolute Gasteiger partial charge is 0.481 e. The van der Waals surface area contributed by atoms with E-state index >= 15 is 0 Å². The third-order valence-corrected chi connectivity index (χ3v) is 3.44. The Morgan fingerprint density at radius 2 is 2.15 bits per heavy atom. The first kappa shape index (κ1) is 14.3. The van der Waals surface area contributed by atoms with E-state index in [9.17, 15) is 4.79 Å². The Labute approximate surface area is 118 Å². The molecule has 0 amide bonds. The minimum Gasteiger partial charge on any atom is -0.481 e. The number of hydrogen-bond acceptors (Lipinski definition) is 2. The number of rotatable bonds is 5. The molecule has 0 radical (unpaired) electrons. The van der Waals surface area contributed by atoms with Crippen LogP contribution in [0.5, 0.6) is 0 Å². The lowest BCUT2D eigenvalue weighted by Gasteiger charge is -2.14. The van der Waals surface area contributed by atoms with Gasteiger partial charge >= 0.3 is 5.97 Å². The number of hydrogen-bond donors (Lipinski definition) is 3. The molecule has 0 aliphatic carbocycles. The monoisotopic (exact) mass is 272 g/mol. The second-order valence-corrected chi connectivity index (χ2v) is 5.61. The Hall–Kier alpha value is -2.07. The number of para-hydroxylation sites is 1. The van der Waals surface area contributed by atoms with Gasteiger partial charge in [-0.1, -0.05) is 30.4 Å². The Morgan fingerprint density at radius 3 is 2.85 bits per heavy atom. The van der Waals surface area contributed by atoms with Gasteiger partial charge in [0.25, 0.3) is 0 Å². The number of aromatic nitrogens is 1. The Balaban J connectivity index is 2.10. The number of carboxylic acid groups (broad SMARTS) is 1. The molecule has 1 aromatic carbocycles. The smallest absolute Gasteiger partial charge is 0.312 e. The van der Waals surface area contributed by atoms with E-state index in [-0.39, 0.29) is 6.04 Å². The second-order valence-electron chi connectivity index (χ2n) is 5.61. The van der Waals surface area contributed by atoms with Crippen molar-refractivity contribution in [2.24, 2.45) is 11.1 Å². The van der Waals surface area contributed by atoms with Gasteiger partial charge in [0.15, 0.2) is 0 Å². The number of nitrogens with two attached hydrogens (primary N) is 1. The van der Waals surface area contributed by atoms with Gasteiger partial charge in [-0.2, -0.15) is 0 Å². The number of carboxylic acids is 1. The number of benzene rings is 1. The Bertz CT molecular complexity index is 641. The third-order valence-electron chi connectivity index (χ3n) is 3.44. The van der Waals surface area contributed by atoms with Gasteiger partial charge in [-0.05, 0) is 31.9 Å². The van der Waals surface area contributed by atoms with E-state index in [2.05, 4.69) is 11.1 Å². The van der Waals surface area contributed by atoms with Gasteiger partial charge in [0.05, 0.1) is 5.41 Å². The molecule has 0 saturated heterocycles. The molecule has 1 heterocycles. The maximum atomic E-state index is 11.0. The SMILES string of the molecule is CC(C)(/C=C/[C@@H](N)Cc1c[nH]c2ccccc12)C(=O)O. The Morgan fingerprint density at radius 1 is 1.45 bits per heavy atom. The highest BCUT2D eigenvalue weighted by atomic mass is 16.4. The summed E-state index contributed by atoms with van der Waals surface area (Å²) in [5, 5.41) is 10.2. The maximum absolute atomic E-state index is 11.0. The molecule has 0 saturated carbocycles. The van der Waals surface area contributed by atoms with Crippen molar-refractivity contribution in [3.8, 4) is 0 Å². The number of fused-ring (bicyclic) bond motifs is 1. The van der Waals surface area contributed by atoms with Gasteiger partial charge in [0.1, 0.15) is 0 Å². The van der Waals surface area contributed by atoms with Crippen molar-refractivity contribution in [3.63, 3.8) is 0 Å². The number of aromatic amines is 1. The summed E-state index contributed by atoms with van der Waals surface area (Å²) in [5.74, 6) is -0.854. The highest BCUT2D eigenvalue weighted by Crippen LogP contribution is 2.20. The standard InChI is InChI=1S/C16H20N2O2/c1-16(2,15(19)20)8-7-12(17)9-11-10-18-14-6-4-3-5-13(11)14/h3-8,10,12,18H,9,17H2,1-2H3,(H,19,20)/b8-7+/t12-/m1/s1. The lowest BCUT2D eigenvalue weighted by atomic mass is 9.92. The fourth-order valence-electron chi connectivity index (χ4n) is 2.06. The zero-order valence-corrected chi connectivity index (χ0v) is 11.8. The van der Waals surface area contributed by atoms with Crippen LogP contribution in [-0.4, -0.2) is 22.1 Å². The molecule has 4 N–H and O–H groups in total. The number of carbonyl (C=O) groups is 1. The average Bonchev–Trinajstić information content (AvgIpc) is 2.80. The molecule has 1 atom stereocenters. The van der Waals surface area contributed by atoms with E-state index < -0.39 is 11.4 Å². The van der Waals surface area contributed by atoms with Crippen molar-refractivity contribution in [2.75, 3.05) is 0 Å². The quantitative estimate of drug-likeness (QED) is 0.732. The molecule has 4 nitrogen and oxygen atoms in total. The first-order valence-corrected chi connectivity index (χ1v) is 6.63. The molecule has 2 rings (SSSR count). The number of nitrogens with one attached hydrogen (secondary N) is 1. The molecule has 0 aliphatic rings. The molecule has 0 aliphatic heterocycles. The normalized spacial score (nSPS) is 13.9. The van der Waals surface area contributed by atoms with Crippen LogP contribution >= 0.6 is 0 Å². The van der Waals surface area contributed by atoms with Gasteiger partial charge < -0.3 is 15.8 Å². The zero-order valence-electron chi connectivity index (χ0n) is 11.8. The molecule has 20 heavy (non-hydrogen) atoms. The Kier molecular flexibility index (Phi) is 3.95. The van der Waals surface area contributed by atoms with Crippen LogP contribution in [0.4, 0.5) is 0 Å². The summed E-state index contributed by atoms with van der Waals surface area (Å²) in [6.07, 6.45) is 6.07. The summed E-state index contributed by atoms with van der Waals surface area (Å²) in [4.78, 5) is 14.2. The predicted octanol–water partition coefficient (Wildman–Crippen LogP) is 2.70. The van der Waals surface area contributed by atoms with E-state index in [1.54, 1.807) is 26.0 Å². The summed E-state index contributed by atoms with van der Waals surface area (Å²) in [7, 11) is 0. The van der Waals surface area contributed by atoms with E-state index in [0.29, 0.717) is 6.42 Å². The van der Waals surface area contributed by atoms with E-state index in [1.165, 1.54) is 0 Å². The molecule has 0 unspecified atom stereocenters. The van der Waals surface area contributed by atoms with Crippen LogP contribution in [0.2, 0.25) is 0 Å². The van der Waals surface area contributed by atoms with Crippen molar-refractivity contribution in [1.29, 1.82) is 0 Å². The molecular formula is C16H20N2O2. The van der Waals surface area contributed by atoms with Gasteiger partial charge in [-0.3, -0.25) is 4.79 Å². The third kappa shape index (κ3) is 3.08. The average molecular weight is 272 g/mol. The van der Waals surface area contributed by atoms with Crippen LogP contribution in [0.3, 0.4) is 0 Å². The molecule has 4 heteroatoms. The first-order chi connectivity index (χ1) is 9.40. The summed E-state index contributed by atoms with van der Waals surface area (Å²) in [6, 6.07) is 7.85. The van der Waals surface area contributed by atoms with Crippen molar-refractivity contribution < 1.29 is 9.90 Å². The van der Waals surface area contributed by atoms with Crippen LogP contribution in [0.15, 0.2) is 42.6 Å². The molecular weight excluding hydrogens is 252 g/mol. The topological polar surface area (TPSA) is 79.1 Å². The van der Waals surface area contributed by atoms with E-state index in [1.807, 2.05) is 24.4 Å². The van der Waals surface area contributed by atoms with Gasteiger partial charge in [0, 0.05) is 23.1 Å². The van der Waals surface area contributed by atoms with Crippen LogP contribution in [0.25, 0.3) is 10.9 Å². The fourth-order valence-corrected chi connectivity index (χ4v) is 2.06. The van der Waals surface area contributed by atoms with Crippen LogP contribution in [0.1, 0.15) is 19.4 Å². The molecule has 106 valence electrons. The first-order valence-electron chi connectivity index (χ1n) is 6.63. The van der Waals surface area contributed by atoms with E-state index in [4.69, 9.17) is 10.8 Å². The molecule has 0 bridgehead atoms. The predicted molar refractivity (Wildman–Crippen MR) is 80.5 cm³/mol. The van der Waals surface area contributed by atoms with Crippen LogP contribution in [-0.2, 0) is 11.2 Å². The van der Waals surface area contributed by atoms with Crippen molar-refractivity contribution in [2.45, 2.75) is 26.3 Å². The second kappa shape index (κ2) is 5.51. The van der Waals surface area contributed by atoms with Crippen molar-refractivity contribution >= 4 is 16.9 Å². The minimum absolute atomic E-state index is 0.201. The summed E-state index contributed by atoms with van der Waals surface area (Å²) in [6.45, 7) is 3.31. The van der Waals surface area contributed by atoms with Crippen molar-refractivity contribution in [3.05, 3.63) is 48.2 Å². The summed E-state index contributed by atoms with van der Waals surface area (Å²) < 4.78 is 0. The minimum atomic E-state index is -0.891. The van der Waals surface area contributed by atoms with Gasteiger partial charge in [-0.25, -0.2) is 0 Å². The molecule has 2 aromatic rings.